The highest BCUT2D eigenvalue weighted by Crippen LogP contribution is 2.42. The fraction of sp³-hybridized carbons (Fsp3) is 0.636. The van der Waals surface area contributed by atoms with Gasteiger partial charge in [-0.15, -0.1) is 0 Å². The van der Waals surface area contributed by atoms with Crippen molar-refractivity contribution >= 4 is 21.7 Å². The second kappa shape index (κ2) is 9.04. The molecule has 0 spiro atoms. The van der Waals surface area contributed by atoms with E-state index < -0.39 is 33.6 Å². The molecule has 3 rings (SSSR count). The number of hydrogen-bond acceptors (Lipinski definition) is 5. The number of amides is 1. The average Bonchev–Trinajstić information content (AvgIpc) is 3.31. The number of rotatable bonds is 7. The molecule has 1 atom stereocenters. The van der Waals surface area contributed by atoms with Gasteiger partial charge in [0.1, 0.15) is 5.82 Å². The Morgan fingerprint density at radius 2 is 1.97 bits per heavy atom. The average molecular weight is 440 g/mol. The molecule has 1 aliphatic heterocycles. The summed E-state index contributed by atoms with van der Waals surface area (Å²) in [4.78, 5) is 27.5. The number of carbonyl (C=O) groups excluding carboxylic acids is 2. The fourth-order valence-corrected chi connectivity index (χ4v) is 6.32. The second-order valence-electron chi connectivity index (χ2n) is 8.87. The van der Waals surface area contributed by atoms with Crippen LogP contribution in [0.4, 0.5) is 4.39 Å². The third-order valence-electron chi connectivity index (χ3n) is 6.08. The summed E-state index contributed by atoms with van der Waals surface area (Å²) in [5, 5.41) is 0. The maximum absolute atomic E-state index is 13.8. The van der Waals surface area contributed by atoms with Gasteiger partial charge in [-0.3, -0.25) is 9.59 Å². The Morgan fingerprint density at radius 1 is 1.27 bits per heavy atom. The van der Waals surface area contributed by atoms with Crippen LogP contribution in [0.3, 0.4) is 0 Å². The number of hydrogen-bond donors (Lipinski definition) is 0. The molecule has 2 aliphatic rings. The van der Waals surface area contributed by atoms with Crippen molar-refractivity contribution < 1.29 is 27.1 Å². The van der Waals surface area contributed by atoms with E-state index in [4.69, 9.17) is 4.74 Å². The molecule has 2 fully saturated rings. The number of ether oxygens (including phenoxy) is 1. The highest BCUT2D eigenvalue weighted by atomic mass is 32.2. The molecule has 8 heteroatoms. The van der Waals surface area contributed by atoms with Gasteiger partial charge < -0.3 is 9.64 Å². The van der Waals surface area contributed by atoms with E-state index in [1.807, 2.05) is 13.8 Å². The summed E-state index contributed by atoms with van der Waals surface area (Å²) in [6.07, 6.45) is 3.18. The molecule has 0 bridgehead atoms. The highest BCUT2D eigenvalue weighted by molar-refractivity contribution is 7.91. The predicted octanol–water partition coefficient (Wildman–Crippen LogP) is 2.85. The van der Waals surface area contributed by atoms with Crippen molar-refractivity contribution in [1.82, 2.24) is 4.90 Å². The van der Waals surface area contributed by atoms with Crippen LogP contribution in [0.25, 0.3) is 0 Å². The van der Waals surface area contributed by atoms with Crippen LogP contribution in [0.5, 0.6) is 0 Å². The zero-order valence-electron chi connectivity index (χ0n) is 17.6. The van der Waals surface area contributed by atoms with E-state index in [1.165, 1.54) is 12.1 Å². The first-order chi connectivity index (χ1) is 14.1. The molecule has 30 heavy (non-hydrogen) atoms. The molecule has 6 nitrogen and oxygen atoms in total. The van der Waals surface area contributed by atoms with Crippen molar-refractivity contribution in [2.45, 2.75) is 57.4 Å². The van der Waals surface area contributed by atoms with Gasteiger partial charge in [-0.05, 0) is 42.9 Å². The summed E-state index contributed by atoms with van der Waals surface area (Å²) >= 11 is 0. The van der Waals surface area contributed by atoms with Crippen molar-refractivity contribution in [3.63, 3.8) is 0 Å². The van der Waals surface area contributed by atoms with E-state index in [0.29, 0.717) is 31.4 Å². The Labute approximate surface area is 177 Å². The topological polar surface area (TPSA) is 80.8 Å². The molecule has 1 aromatic rings. The first kappa shape index (κ1) is 22.7. The molecular weight excluding hydrogens is 409 g/mol. The smallest absolute Gasteiger partial charge is 0.317 e. The van der Waals surface area contributed by atoms with Crippen LogP contribution in [-0.4, -0.2) is 55.9 Å². The molecule has 1 aliphatic carbocycles. The molecule has 1 saturated heterocycles. The summed E-state index contributed by atoms with van der Waals surface area (Å²) in [6.45, 7) is 3.88. The Balaban J connectivity index is 1.71. The SMILES string of the molecule is CC(C)CN(C(=O)COC(=O)C1(c2cccc(F)c2)CCCC1)C1CCS(=O)(=O)C1. The van der Waals surface area contributed by atoms with Gasteiger partial charge in [-0.2, -0.15) is 0 Å². The third kappa shape index (κ3) is 5.02. The van der Waals surface area contributed by atoms with Gasteiger partial charge in [0.15, 0.2) is 16.4 Å². The van der Waals surface area contributed by atoms with Crippen molar-refractivity contribution in [3.8, 4) is 0 Å². The van der Waals surface area contributed by atoms with Crippen molar-refractivity contribution in [3.05, 3.63) is 35.6 Å². The Morgan fingerprint density at radius 3 is 2.53 bits per heavy atom. The minimum atomic E-state index is -3.14. The lowest BCUT2D eigenvalue weighted by Crippen LogP contribution is -2.46. The number of sulfone groups is 1. The Hall–Kier alpha value is -1.96. The third-order valence-corrected chi connectivity index (χ3v) is 7.83. The van der Waals surface area contributed by atoms with Crippen molar-refractivity contribution in [1.29, 1.82) is 0 Å². The largest absolute Gasteiger partial charge is 0.455 e. The summed E-state index contributed by atoms with van der Waals surface area (Å²) in [6, 6.07) is 5.62. The number of esters is 1. The molecule has 0 aromatic heterocycles. The molecule has 1 aromatic carbocycles. The van der Waals surface area contributed by atoms with Gasteiger partial charge in [0.25, 0.3) is 5.91 Å². The second-order valence-corrected chi connectivity index (χ2v) is 11.1. The lowest BCUT2D eigenvalue weighted by molar-refractivity contribution is -0.158. The number of benzene rings is 1. The van der Waals surface area contributed by atoms with Gasteiger partial charge >= 0.3 is 5.97 Å². The monoisotopic (exact) mass is 439 g/mol. The molecular formula is C22H30FNO5S. The van der Waals surface area contributed by atoms with Crippen LogP contribution in [0.2, 0.25) is 0 Å². The Bertz CT molecular complexity index is 893. The van der Waals surface area contributed by atoms with E-state index in [-0.39, 0.29) is 29.4 Å². The lowest BCUT2D eigenvalue weighted by Gasteiger charge is -2.31. The zero-order valence-corrected chi connectivity index (χ0v) is 18.4. The molecule has 1 heterocycles. The number of carbonyl (C=O) groups is 2. The van der Waals surface area contributed by atoms with Crippen LogP contribution in [0.1, 0.15) is 51.5 Å². The zero-order chi connectivity index (χ0) is 21.9. The maximum atomic E-state index is 13.8. The summed E-state index contributed by atoms with van der Waals surface area (Å²) in [7, 11) is -3.14. The van der Waals surface area contributed by atoms with Crippen LogP contribution in [0.15, 0.2) is 24.3 Å². The predicted molar refractivity (Wildman–Crippen MR) is 111 cm³/mol. The highest BCUT2D eigenvalue weighted by Gasteiger charge is 2.45. The first-order valence-electron chi connectivity index (χ1n) is 10.6. The van der Waals surface area contributed by atoms with Gasteiger partial charge in [-0.25, -0.2) is 12.8 Å². The molecule has 0 N–H and O–H groups in total. The van der Waals surface area contributed by atoms with Crippen LogP contribution >= 0.6 is 0 Å². The van der Waals surface area contributed by atoms with E-state index in [2.05, 4.69) is 0 Å². The summed E-state index contributed by atoms with van der Waals surface area (Å²) in [5.74, 6) is -1.13. The summed E-state index contributed by atoms with van der Waals surface area (Å²) in [5.41, 5.74) is -0.347. The quantitative estimate of drug-likeness (QED) is 0.611. The van der Waals surface area contributed by atoms with E-state index in [1.54, 1.807) is 17.0 Å². The first-order valence-corrected chi connectivity index (χ1v) is 12.4. The van der Waals surface area contributed by atoms with Gasteiger partial charge in [0, 0.05) is 12.6 Å². The van der Waals surface area contributed by atoms with Gasteiger partial charge in [0.2, 0.25) is 0 Å². The molecule has 1 unspecified atom stereocenters. The van der Waals surface area contributed by atoms with E-state index in [0.717, 1.165) is 12.8 Å². The molecule has 166 valence electrons. The number of nitrogens with zero attached hydrogens (tertiary/aromatic N) is 1. The van der Waals surface area contributed by atoms with Gasteiger partial charge in [-0.1, -0.05) is 38.8 Å². The lowest BCUT2D eigenvalue weighted by atomic mass is 9.79. The minimum Gasteiger partial charge on any atom is -0.455 e. The Kier molecular flexibility index (Phi) is 6.84. The standard InChI is InChI=1S/C22H30FNO5S/c1-16(2)13-24(19-8-11-30(27,28)15-19)20(25)14-29-21(26)22(9-3-4-10-22)17-6-5-7-18(23)12-17/h5-7,12,16,19H,3-4,8-11,13-15H2,1-2H3. The normalized spacial score (nSPS) is 22.2. The van der Waals surface area contributed by atoms with Crippen LogP contribution < -0.4 is 0 Å². The minimum absolute atomic E-state index is 0.0490. The van der Waals surface area contributed by atoms with Crippen molar-refractivity contribution in [2.24, 2.45) is 5.92 Å². The van der Waals surface area contributed by atoms with E-state index >= 15 is 0 Å². The van der Waals surface area contributed by atoms with Crippen LogP contribution in [0, 0.1) is 11.7 Å². The summed E-state index contributed by atoms with van der Waals surface area (Å²) < 4.78 is 43.0. The van der Waals surface area contributed by atoms with Gasteiger partial charge in [0.05, 0.1) is 16.9 Å². The van der Waals surface area contributed by atoms with Crippen LogP contribution in [-0.2, 0) is 29.6 Å². The van der Waals surface area contributed by atoms with Crippen molar-refractivity contribution in [2.75, 3.05) is 24.7 Å². The molecule has 1 saturated carbocycles. The molecule has 1 amide bonds. The number of halogens is 1. The molecule has 0 radical (unpaired) electrons. The van der Waals surface area contributed by atoms with E-state index in [9.17, 15) is 22.4 Å². The fourth-order valence-electron chi connectivity index (χ4n) is 4.59. The maximum Gasteiger partial charge on any atom is 0.317 e.